The van der Waals surface area contributed by atoms with Gasteiger partial charge in [-0.15, -0.1) is 0 Å². The van der Waals surface area contributed by atoms with E-state index >= 15 is 0 Å². The molecule has 17 heavy (non-hydrogen) atoms. The van der Waals surface area contributed by atoms with Gasteiger partial charge in [-0.3, -0.25) is 0 Å². The monoisotopic (exact) mass is 241 g/mol. The summed E-state index contributed by atoms with van der Waals surface area (Å²) in [6.07, 6.45) is 0. The molecule has 1 aliphatic rings. The Labute approximate surface area is 100 Å². The van der Waals surface area contributed by atoms with Crippen molar-refractivity contribution < 1.29 is 13.5 Å². The van der Waals surface area contributed by atoms with Gasteiger partial charge >= 0.3 is 0 Å². The minimum atomic E-state index is -0.457. The number of hydrogen-bond donors (Lipinski definition) is 0. The van der Waals surface area contributed by atoms with Crippen molar-refractivity contribution in [2.24, 2.45) is 0 Å². The van der Waals surface area contributed by atoms with Crippen LogP contribution in [-0.2, 0) is 4.74 Å². The zero-order valence-electron chi connectivity index (χ0n) is 10.2. The maximum absolute atomic E-state index is 13.8. The molecule has 1 saturated heterocycles. The van der Waals surface area contributed by atoms with Crippen LogP contribution < -0.4 is 4.90 Å². The molecule has 1 aromatic rings. The predicted molar refractivity (Wildman–Crippen MR) is 63.5 cm³/mol. The summed E-state index contributed by atoms with van der Waals surface area (Å²) in [7, 11) is 0. The maximum Gasteiger partial charge on any atom is 0.131 e. The van der Waals surface area contributed by atoms with Crippen molar-refractivity contribution in [2.75, 3.05) is 31.2 Å². The van der Waals surface area contributed by atoms with E-state index in [1.165, 1.54) is 12.1 Å². The van der Waals surface area contributed by atoms with E-state index in [2.05, 4.69) is 0 Å². The normalized spacial score (nSPS) is 16.6. The van der Waals surface area contributed by atoms with Gasteiger partial charge in [0.15, 0.2) is 0 Å². The van der Waals surface area contributed by atoms with Gasteiger partial charge in [-0.05, 0) is 18.1 Å². The molecule has 0 radical (unpaired) electrons. The number of hydrogen-bond acceptors (Lipinski definition) is 2. The van der Waals surface area contributed by atoms with E-state index in [0.29, 0.717) is 32.0 Å². The van der Waals surface area contributed by atoms with Crippen molar-refractivity contribution in [3.63, 3.8) is 0 Å². The lowest BCUT2D eigenvalue weighted by atomic mass is 10.0. The van der Waals surface area contributed by atoms with Gasteiger partial charge in [0, 0.05) is 24.3 Å². The molecule has 0 aromatic heterocycles. The molecule has 1 heterocycles. The van der Waals surface area contributed by atoms with E-state index in [9.17, 15) is 8.78 Å². The van der Waals surface area contributed by atoms with Gasteiger partial charge in [0.2, 0.25) is 0 Å². The van der Waals surface area contributed by atoms with Crippen LogP contribution in [0, 0.1) is 11.6 Å². The average molecular weight is 241 g/mol. The molecule has 0 saturated carbocycles. The first-order valence-electron chi connectivity index (χ1n) is 5.91. The van der Waals surface area contributed by atoms with Crippen LogP contribution in [0.1, 0.15) is 25.3 Å². The van der Waals surface area contributed by atoms with E-state index in [1.807, 2.05) is 4.90 Å². The molecule has 0 bridgehead atoms. The number of ether oxygens (including phenoxy) is 1. The first kappa shape index (κ1) is 12.3. The number of benzene rings is 1. The van der Waals surface area contributed by atoms with Crippen LogP contribution in [0.2, 0.25) is 0 Å². The van der Waals surface area contributed by atoms with Crippen molar-refractivity contribution in [3.8, 4) is 0 Å². The Kier molecular flexibility index (Phi) is 3.62. The number of rotatable bonds is 2. The number of anilines is 1. The molecule has 1 fully saturated rings. The molecule has 0 aliphatic carbocycles. The van der Waals surface area contributed by atoms with Crippen molar-refractivity contribution in [1.82, 2.24) is 0 Å². The third-order valence-electron chi connectivity index (χ3n) is 3.02. The molecule has 0 amide bonds. The Bertz CT molecular complexity index is 377. The summed E-state index contributed by atoms with van der Waals surface area (Å²) in [4.78, 5) is 1.94. The summed E-state index contributed by atoms with van der Waals surface area (Å²) < 4.78 is 32.9. The van der Waals surface area contributed by atoms with Crippen LogP contribution >= 0.6 is 0 Å². The third kappa shape index (κ3) is 2.57. The van der Waals surface area contributed by atoms with Crippen LogP contribution in [0.25, 0.3) is 0 Å². The standard InChI is InChI=1S/C13H17F2NO/c1-9(2)13-11(14)7-10(8-12(13)15)16-3-5-17-6-4-16/h7-9H,3-6H2,1-2H3. The maximum atomic E-state index is 13.8. The molecule has 2 rings (SSSR count). The summed E-state index contributed by atoms with van der Waals surface area (Å²) >= 11 is 0. The van der Waals surface area contributed by atoms with Crippen LogP contribution in [0.15, 0.2) is 12.1 Å². The second-order valence-corrected chi connectivity index (χ2v) is 4.58. The van der Waals surface area contributed by atoms with Crippen molar-refractivity contribution in [3.05, 3.63) is 29.3 Å². The lowest BCUT2D eigenvalue weighted by Gasteiger charge is -2.29. The number of morpholine rings is 1. The summed E-state index contributed by atoms with van der Waals surface area (Å²) in [5, 5.41) is 0. The molecule has 0 unspecified atom stereocenters. The second kappa shape index (κ2) is 5.00. The molecule has 0 atom stereocenters. The van der Waals surface area contributed by atoms with E-state index in [-0.39, 0.29) is 11.5 Å². The van der Waals surface area contributed by atoms with Crippen LogP contribution in [-0.4, -0.2) is 26.3 Å². The Balaban J connectivity index is 2.31. The number of nitrogens with zero attached hydrogens (tertiary/aromatic N) is 1. The van der Waals surface area contributed by atoms with Gasteiger partial charge in [0.05, 0.1) is 13.2 Å². The van der Waals surface area contributed by atoms with Crippen LogP contribution in [0.3, 0.4) is 0 Å². The van der Waals surface area contributed by atoms with Crippen molar-refractivity contribution >= 4 is 5.69 Å². The molecule has 1 aromatic carbocycles. The zero-order chi connectivity index (χ0) is 12.4. The summed E-state index contributed by atoms with van der Waals surface area (Å²) in [6.45, 7) is 6.15. The van der Waals surface area contributed by atoms with E-state index < -0.39 is 11.6 Å². The minimum absolute atomic E-state index is 0.145. The highest BCUT2D eigenvalue weighted by molar-refractivity contribution is 5.49. The smallest absolute Gasteiger partial charge is 0.131 e. The SMILES string of the molecule is CC(C)c1c(F)cc(N2CCOCC2)cc1F. The topological polar surface area (TPSA) is 12.5 Å². The Morgan fingerprint density at radius 3 is 2.12 bits per heavy atom. The highest BCUT2D eigenvalue weighted by Crippen LogP contribution is 2.27. The van der Waals surface area contributed by atoms with Crippen LogP contribution in [0.4, 0.5) is 14.5 Å². The zero-order valence-corrected chi connectivity index (χ0v) is 10.2. The van der Waals surface area contributed by atoms with Gasteiger partial charge in [0.1, 0.15) is 11.6 Å². The van der Waals surface area contributed by atoms with Gasteiger partial charge in [0.25, 0.3) is 0 Å². The quantitative estimate of drug-likeness (QED) is 0.789. The van der Waals surface area contributed by atoms with E-state index in [0.717, 1.165) is 0 Å². The second-order valence-electron chi connectivity index (χ2n) is 4.58. The molecule has 1 aliphatic heterocycles. The molecule has 0 spiro atoms. The van der Waals surface area contributed by atoms with E-state index in [1.54, 1.807) is 13.8 Å². The first-order valence-corrected chi connectivity index (χ1v) is 5.91. The predicted octanol–water partition coefficient (Wildman–Crippen LogP) is 2.92. The summed E-state index contributed by atoms with van der Waals surface area (Å²) in [5.74, 6) is -1.06. The van der Waals surface area contributed by atoms with Crippen molar-refractivity contribution in [2.45, 2.75) is 19.8 Å². The molecule has 94 valence electrons. The summed E-state index contributed by atoms with van der Waals surface area (Å²) in [6, 6.07) is 2.84. The molecule has 0 N–H and O–H groups in total. The fraction of sp³-hybridized carbons (Fsp3) is 0.538. The first-order chi connectivity index (χ1) is 8.09. The largest absolute Gasteiger partial charge is 0.378 e. The molecule has 4 heteroatoms. The van der Waals surface area contributed by atoms with Gasteiger partial charge < -0.3 is 9.64 Å². The molecular formula is C13H17F2NO. The lowest BCUT2D eigenvalue weighted by Crippen LogP contribution is -2.36. The minimum Gasteiger partial charge on any atom is -0.378 e. The Morgan fingerprint density at radius 2 is 1.65 bits per heavy atom. The fourth-order valence-corrected chi connectivity index (χ4v) is 2.13. The van der Waals surface area contributed by atoms with Gasteiger partial charge in [-0.1, -0.05) is 13.8 Å². The van der Waals surface area contributed by atoms with E-state index in [4.69, 9.17) is 4.74 Å². The highest BCUT2D eigenvalue weighted by Gasteiger charge is 2.18. The fourth-order valence-electron chi connectivity index (χ4n) is 2.13. The van der Waals surface area contributed by atoms with Gasteiger partial charge in [-0.2, -0.15) is 0 Å². The lowest BCUT2D eigenvalue weighted by molar-refractivity contribution is 0.122. The van der Waals surface area contributed by atoms with Crippen LogP contribution in [0.5, 0.6) is 0 Å². The average Bonchev–Trinajstić information content (AvgIpc) is 2.28. The number of halogens is 2. The van der Waals surface area contributed by atoms with Gasteiger partial charge in [-0.25, -0.2) is 8.78 Å². The Morgan fingerprint density at radius 1 is 1.12 bits per heavy atom. The third-order valence-corrected chi connectivity index (χ3v) is 3.02. The molecular weight excluding hydrogens is 224 g/mol. The highest BCUT2D eigenvalue weighted by atomic mass is 19.1. The Hall–Kier alpha value is -1.16. The van der Waals surface area contributed by atoms with Crippen molar-refractivity contribution in [1.29, 1.82) is 0 Å². The summed E-state index contributed by atoms with van der Waals surface area (Å²) in [5.41, 5.74) is 0.773. The molecule has 2 nitrogen and oxygen atoms in total.